The summed E-state index contributed by atoms with van der Waals surface area (Å²) in [6, 6.07) is 4.92. The molecule has 2 heterocycles. The number of aryl methyl sites for hydroxylation is 3. The average molecular weight is 404 g/mol. The van der Waals surface area contributed by atoms with Crippen LogP contribution in [-0.2, 0) is 24.5 Å². The van der Waals surface area contributed by atoms with E-state index >= 15 is 0 Å². The van der Waals surface area contributed by atoms with Gasteiger partial charge in [0.2, 0.25) is 0 Å². The van der Waals surface area contributed by atoms with Crippen LogP contribution in [0, 0.1) is 18.3 Å². The number of ether oxygens (including phenoxy) is 1. The lowest BCUT2D eigenvalue weighted by Gasteiger charge is -2.19. The molecule has 1 unspecified atom stereocenters. The highest BCUT2D eigenvalue weighted by Gasteiger charge is 2.34. The Bertz CT molecular complexity index is 1190. The Morgan fingerprint density at radius 1 is 1.34 bits per heavy atom. The van der Waals surface area contributed by atoms with Gasteiger partial charge in [0.1, 0.15) is 6.10 Å². The number of hydrogen-bond donors (Lipinski definition) is 0. The number of nitrogens with zero attached hydrogens (tertiary/aromatic N) is 4. The van der Waals surface area contributed by atoms with E-state index in [-0.39, 0.29) is 11.1 Å². The average Bonchev–Trinajstić information content (AvgIpc) is 3.02. The summed E-state index contributed by atoms with van der Waals surface area (Å²) in [4.78, 5) is 12.7. The predicted molar refractivity (Wildman–Crippen MR) is 100 cm³/mol. The van der Waals surface area contributed by atoms with E-state index in [0.29, 0.717) is 23.2 Å². The van der Waals surface area contributed by atoms with E-state index in [9.17, 15) is 23.2 Å². The third-order valence-corrected chi connectivity index (χ3v) is 4.90. The third-order valence-electron chi connectivity index (χ3n) is 4.90. The number of benzene rings is 1. The van der Waals surface area contributed by atoms with Crippen LogP contribution in [0.1, 0.15) is 41.0 Å². The van der Waals surface area contributed by atoms with Crippen LogP contribution in [0.2, 0.25) is 0 Å². The number of alkyl halides is 3. The molecule has 9 heteroatoms. The summed E-state index contributed by atoms with van der Waals surface area (Å²) in [5, 5.41) is 14.1. The van der Waals surface area contributed by atoms with Crippen LogP contribution in [0.5, 0.6) is 0 Å². The topological polar surface area (TPSA) is 72.8 Å². The molecule has 3 aromatic rings. The quantitative estimate of drug-likeness (QED) is 0.665. The van der Waals surface area contributed by atoms with E-state index in [1.54, 1.807) is 23.9 Å². The van der Waals surface area contributed by atoms with Gasteiger partial charge in [0, 0.05) is 32.3 Å². The summed E-state index contributed by atoms with van der Waals surface area (Å²) < 4.78 is 48.0. The number of nitriles is 1. The van der Waals surface area contributed by atoms with Crippen molar-refractivity contribution in [2.75, 3.05) is 7.11 Å². The van der Waals surface area contributed by atoms with Crippen LogP contribution >= 0.6 is 0 Å². The molecule has 0 amide bonds. The zero-order valence-corrected chi connectivity index (χ0v) is 16.3. The molecule has 2 aromatic heterocycles. The second-order valence-electron chi connectivity index (χ2n) is 6.67. The van der Waals surface area contributed by atoms with Crippen LogP contribution in [0.4, 0.5) is 13.2 Å². The molecule has 0 bridgehead atoms. The van der Waals surface area contributed by atoms with Crippen molar-refractivity contribution in [3.63, 3.8) is 0 Å². The highest BCUT2D eigenvalue weighted by atomic mass is 19.4. The molecule has 0 fully saturated rings. The minimum Gasteiger partial charge on any atom is -0.370 e. The molecule has 1 aromatic carbocycles. The maximum atomic E-state index is 13.1. The Morgan fingerprint density at radius 2 is 2.03 bits per heavy atom. The van der Waals surface area contributed by atoms with Gasteiger partial charge in [-0.15, -0.1) is 0 Å². The fraction of sp³-hybridized carbons (Fsp3) is 0.350. The highest BCUT2D eigenvalue weighted by Crippen LogP contribution is 2.36. The van der Waals surface area contributed by atoms with Crippen molar-refractivity contribution in [1.82, 2.24) is 14.3 Å². The summed E-state index contributed by atoms with van der Waals surface area (Å²) >= 11 is 0. The van der Waals surface area contributed by atoms with Crippen molar-refractivity contribution in [2.45, 2.75) is 32.7 Å². The number of fused-ring (bicyclic) bond motifs is 1. The minimum atomic E-state index is -4.63. The first-order valence-electron chi connectivity index (χ1n) is 8.84. The zero-order chi connectivity index (χ0) is 21.5. The Hall–Kier alpha value is -3.12. The maximum Gasteiger partial charge on any atom is 0.417 e. The van der Waals surface area contributed by atoms with E-state index in [2.05, 4.69) is 5.10 Å². The van der Waals surface area contributed by atoms with Gasteiger partial charge in [0.25, 0.3) is 5.56 Å². The fourth-order valence-electron chi connectivity index (χ4n) is 3.57. The normalized spacial score (nSPS) is 12.9. The molecule has 0 aliphatic heterocycles. The molecule has 0 saturated carbocycles. The van der Waals surface area contributed by atoms with Crippen molar-refractivity contribution in [3.05, 3.63) is 62.7 Å². The molecular weight excluding hydrogens is 385 g/mol. The maximum absolute atomic E-state index is 13.1. The van der Waals surface area contributed by atoms with Gasteiger partial charge in [-0.3, -0.25) is 9.48 Å². The van der Waals surface area contributed by atoms with Crippen LogP contribution in [0.25, 0.3) is 10.9 Å². The molecule has 0 spiro atoms. The van der Waals surface area contributed by atoms with Gasteiger partial charge >= 0.3 is 6.18 Å². The zero-order valence-electron chi connectivity index (χ0n) is 16.3. The molecule has 0 aliphatic carbocycles. The molecule has 1 atom stereocenters. The number of pyridine rings is 1. The lowest BCUT2D eigenvalue weighted by atomic mass is 9.97. The first-order chi connectivity index (χ1) is 13.6. The standard InChI is InChI=1S/C20H19F3N4O2/c1-5-27-10-11(2)15-16(19(27)28)25-26(3)17(15)18(29-4)12-6-7-14(20(21,22)23)13(8-12)9-24/h6-8,10,18H,5H2,1-4H3. The van der Waals surface area contributed by atoms with Gasteiger partial charge in [-0.25, -0.2) is 0 Å². The van der Waals surface area contributed by atoms with Crippen molar-refractivity contribution in [2.24, 2.45) is 7.05 Å². The first-order valence-corrected chi connectivity index (χ1v) is 8.84. The highest BCUT2D eigenvalue weighted by molar-refractivity contribution is 5.84. The van der Waals surface area contributed by atoms with Gasteiger partial charge in [0.15, 0.2) is 5.52 Å². The number of methoxy groups -OCH3 is 1. The Kier molecular flexibility index (Phi) is 5.24. The van der Waals surface area contributed by atoms with Crippen LogP contribution in [-0.4, -0.2) is 21.5 Å². The van der Waals surface area contributed by atoms with E-state index in [1.165, 1.54) is 23.9 Å². The summed E-state index contributed by atoms with van der Waals surface area (Å²) in [6.07, 6.45) is -3.72. The van der Waals surface area contributed by atoms with Gasteiger partial charge in [0.05, 0.1) is 22.9 Å². The van der Waals surface area contributed by atoms with Gasteiger partial charge in [-0.05, 0) is 37.1 Å². The van der Waals surface area contributed by atoms with Crippen LogP contribution < -0.4 is 5.56 Å². The molecule has 0 N–H and O–H groups in total. The third kappa shape index (κ3) is 3.40. The Morgan fingerprint density at radius 3 is 2.59 bits per heavy atom. The molecule has 0 saturated heterocycles. The first kappa shape index (κ1) is 20.6. The van der Waals surface area contributed by atoms with E-state index in [4.69, 9.17) is 4.74 Å². The summed E-state index contributed by atoms with van der Waals surface area (Å²) in [5.74, 6) is 0. The molecule has 3 rings (SSSR count). The SMILES string of the molecule is CCn1cc(C)c2c(C(OC)c3ccc(C(F)(F)F)c(C#N)c3)n(C)nc2c1=O. The van der Waals surface area contributed by atoms with Gasteiger partial charge in [-0.1, -0.05) is 6.07 Å². The van der Waals surface area contributed by atoms with E-state index in [1.807, 2.05) is 13.8 Å². The lowest BCUT2D eigenvalue weighted by molar-refractivity contribution is -0.137. The summed E-state index contributed by atoms with van der Waals surface area (Å²) in [7, 11) is 3.06. The monoisotopic (exact) mass is 404 g/mol. The smallest absolute Gasteiger partial charge is 0.370 e. The number of rotatable bonds is 4. The van der Waals surface area contributed by atoms with Gasteiger partial charge < -0.3 is 9.30 Å². The Balaban J connectivity index is 2.26. The fourth-order valence-corrected chi connectivity index (χ4v) is 3.57. The predicted octanol–water partition coefficient (Wildman–Crippen LogP) is 3.69. The van der Waals surface area contributed by atoms with E-state index < -0.39 is 23.4 Å². The van der Waals surface area contributed by atoms with Crippen molar-refractivity contribution in [3.8, 4) is 6.07 Å². The van der Waals surface area contributed by atoms with Crippen molar-refractivity contribution in [1.29, 1.82) is 5.26 Å². The second-order valence-corrected chi connectivity index (χ2v) is 6.67. The van der Waals surface area contributed by atoms with Crippen molar-refractivity contribution < 1.29 is 17.9 Å². The van der Waals surface area contributed by atoms with Crippen LogP contribution in [0.15, 0.2) is 29.2 Å². The van der Waals surface area contributed by atoms with Crippen LogP contribution in [0.3, 0.4) is 0 Å². The minimum absolute atomic E-state index is 0.255. The van der Waals surface area contributed by atoms with Crippen molar-refractivity contribution >= 4 is 10.9 Å². The number of halogens is 3. The molecule has 152 valence electrons. The number of hydrogen-bond acceptors (Lipinski definition) is 4. The molecule has 29 heavy (non-hydrogen) atoms. The lowest BCUT2D eigenvalue weighted by Crippen LogP contribution is -2.19. The van der Waals surface area contributed by atoms with E-state index in [0.717, 1.165) is 11.6 Å². The largest absolute Gasteiger partial charge is 0.417 e. The molecule has 0 radical (unpaired) electrons. The number of aromatic nitrogens is 3. The molecule has 6 nitrogen and oxygen atoms in total. The summed E-state index contributed by atoms with van der Waals surface area (Å²) in [6.45, 7) is 4.17. The summed E-state index contributed by atoms with van der Waals surface area (Å²) in [5.41, 5.74) is 0.196. The molecule has 0 aliphatic rings. The Labute approximate surface area is 164 Å². The molecular formula is C20H19F3N4O2. The van der Waals surface area contributed by atoms with Gasteiger partial charge in [-0.2, -0.15) is 23.5 Å². The second kappa shape index (κ2) is 7.37.